The van der Waals surface area contributed by atoms with Crippen LogP contribution in [0.2, 0.25) is 0 Å². The second-order valence-corrected chi connectivity index (χ2v) is 7.18. The highest BCUT2D eigenvalue weighted by Gasteiger charge is 2.08. The van der Waals surface area contributed by atoms with Crippen molar-refractivity contribution in [2.24, 2.45) is 0 Å². The maximum Gasteiger partial charge on any atom is 0.0137 e. The Bertz CT molecular complexity index is 598. The first-order chi connectivity index (χ1) is 9.40. The van der Waals surface area contributed by atoms with Crippen molar-refractivity contribution >= 4 is 27.8 Å². The van der Waals surface area contributed by atoms with E-state index in [-0.39, 0.29) is 0 Å². The lowest BCUT2D eigenvalue weighted by molar-refractivity contribution is 1.76. The first-order valence-electron chi connectivity index (χ1n) is 6.31. The van der Waals surface area contributed by atoms with Gasteiger partial charge in [0.1, 0.15) is 0 Å². The average molecular weight is 281 g/mol. The van der Waals surface area contributed by atoms with E-state index < -0.39 is 0 Å². The molecule has 2 atom stereocenters. The molecule has 0 N–H and O–H groups in total. The molecular formula is C17H15P2. The third-order valence-corrected chi connectivity index (χ3v) is 5.32. The highest BCUT2D eigenvalue weighted by molar-refractivity contribution is 7.53. The van der Waals surface area contributed by atoms with Crippen LogP contribution in [0, 0.1) is 6.42 Å². The van der Waals surface area contributed by atoms with Crippen LogP contribution in [0.5, 0.6) is 0 Å². The molecule has 1 aliphatic rings. The number of rotatable bonds is 4. The Hall–Kier alpha value is -1.22. The molecule has 0 aliphatic heterocycles. The molecule has 0 amide bonds. The molecule has 0 nitrogen and oxygen atoms in total. The van der Waals surface area contributed by atoms with Crippen LogP contribution in [-0.4, -0.2) is 0 Å². The predicted molar refractivity (Wildman–Crippen MR) is 89.2 cm³/mol. The summed E-state index contributed by atoms with van der Waals surface area (Å²) in [5.41, 5.74) is 0. The zero-order valence-electron chi connectivity index (χ0n) is 10.5. The Labute approximate surface area is 118 Å². The van der Waals surface area contributed by atoms with Gasteiger partial charge in [0, 0.05) is 6.42 Å². The largest absolute Gasteiger partial charge is 0.0682 e. The molecule has 1 aliphatic carbocycles. The molecule has 1 radical (unpaired) electrons. The van der Waals surface area contributed by atoms with Crippen LogP contribution in [0.4, 0.5) is 0 Å². The van der Waals surface area contributed by atoms with Crippen molar-refractivity contribution < 1.29 is 0 Å². The summed E-state index contributed by atoms with van der Waals surface area (Å²) in [6.45, 7) is 0. The third kappa shape index (κ3) is 3.63. The van der Waals surface area contributed by atoms with Gasteiger partial charge in [0.05, 0.1) is 0 Å². The van der Waals surface area contributed by atoms with Crippen molar-refractivity contribution in [3.05, 3.63) is 89.9 Å². The van der Waals surface area contributed by atoms with E-state index in [1.54, 1.807) is 0 Å². The minimum atomic E-state index is 0.763. The summed E-state index contributed by atoms with van der Waals surface area (Å²) in [7, 11) is 1.53. The molecule has 2 aromatic carbocycles. The van der Waals surface area contributed by atoms with Gasteiger partial charge in [-0.05, 0) is 21.2 Å². The van der Waals surface area contributed by atoms with E-state index in [9.17, 15) is 0 Å². The molecule has 0 bridgehead atoms. The first-order valence-corrected chi connectivity index (χ1v) is 8.31. The van der Waals surface area contributed by atoms with Gasteiger partial charge in [0.2, 0.25) is 0 Å². The van der Waals surface area contributed by atoms with Gasteiger partial charge in [-0.15, -0.1) is 0 Å². The van der Waals surface area contributed by atoms with Crippen LogP contribution in [0.1, 0.15) is 0 Å². The molecule has 0 spiro atoms. The lowest BCUT2D eigenvalue weighted by Gasteiger charge is -2.02. The van der Waals surface area contributed by atoms with Gasteiger partial charge in [0.15, 0.2) is 0 Å². The van der Waals surface area contributed by atoms with Gasteiger partial charge in [-0.3, -0.25) is 0 Å². The molecule has 19 heavy (non-hydrogen) atoms. The van der Waals surface area contributed by atoms with E-state index in [2.05, 4.69) is 79.2 Å². The number of benzene rings is 2. The Kier molecular flexibility index (Phi) is 4.23. The Balaban J connectivity index is 1.64. The highest BCUT2D eigenvalue weighted by atomic mass is 31.1. The van der Waals surface area contributed by atoms with Crippen LogP contribution < -0.4 is 10.6 Å². The molecule has 3 rings (SSSR count). The van der Waals surface area contributed by atoms with Gasteiger partial charge in [-0.25, -0.2) is 0 Å². The molecule has 0 saturated carbocycles. The molecular weight excluding hydrogens is 266 g/mol. The number of hydrogen-bond donors (Lipinski definition) is 0. The maximum absolute atomic E-state index is 2.34. The summed E-state index contributed by atoms with van der Waals surface area (Å²) in [5, 5.41) is 5.68. The summed E-state index contributed by atoms with van der Waals surface area (Å²) < 4.78 is 0. The highest BCUT2D eigenvalue weighted by Crippen LogP contribution is 2.37. The molecule has 2 heteroatoms. The topological polar surface area (TPSA) is 0 Å². The fourth-order valence-corrected chi connectivity index (χ4v) is 4.29. The van der Waals surface area contributed by atoms with Crippen LogP contribution in [0.3, 0.4) is 0 Å². The van der Waals surface area contributed by atoms with Crippen LogP contribution in [0.25, 0.3) is 0 Å². The Morgan fingerprint density at radius 1 is 0.579 bits per heavy atom. The first kappa shape index (κ1) is 12.8. The predicted octanol–water partition coefficient (Wildman–Crippen LogP) is 3.98. The van der Waals surface area contributed by atoms with Crippen LogP contribution in [0.15, 0.2) is 83.4 Å². The van der Waals surface area contributed by atoms with Gasteiger partial charge in [-0.2, -0.15) is 0 Å². The van der Waals surface area contributed by atoms with E-state index in [0.29, 0.717) is 0 Å². The summed E-state index contributed by atoms with van der Waals surface area (Å²) in [6, 6.07) is 21.4. The molecule has 93 valence electrons. The molecule has 0 aromatic heterocycles. The van der Waals surface area contributed by atoms with Crippen molar-refractivity contribution in [1.82, 2.24) is 0 Å². The zero-order valence-corrected chi connectivity index (χ0v) is 12.5. The standard InChI is InChI=1S/C17H15P2/c1-3-7-14(8-4-1)18-16-11-12-17(13-16)19-15-9-5-2-6-10-15/h1-13,18-19H. The van der Waals surface area contributed by atoms with Crippen molar-refractivity contribution in [2.45, 2.75) is 0 Å². The number of hydrogen-bond acceptors (Lipinski definition) is 0. The number of allylic oxidation sites excluding steroid dienone is 4. The van der Waals surface area contributed by atoms with Crippen molar-refractivity contribution in [1.29, 1.82) is 0 Å². The molecule has 2 unspecified atom stereocenters. The van der Waals surface area contributed by atoms with E-state index in [4.69, 9.17) is 0 Å². The Morgan fingerprint density at radius 2 is 1.11 bits per heavy atom. The van der Waals surface area contributed by atoms with E-state index in [1.807, 2.05) is 0 Å². The summed E-state index contributed by atoms with van der Waals surface area (Å²) in [4.78, 5) is 0. The fourth-order valence-electron chi connectivity index (χ4n) is 1.98. The molecule has 2 aromatic rings. The second kappa shape index (κ2) is 6.29. The minimum Gasteiger partial charge on any atom is -0.0682 e. The van der Waals surface area contributed by atoms with E-state index in [1.165, 1.54) is 21.2 Å². The fraction of sp³-hybridized carbons (Fsp3) is 0. The van der Waals surface area contributed by atoms with Crippen molar-refractivity contribution in [2.75, 3.05) is 0 Å². The average Bonchev–Trinajstić information content (AvgIpc) is 2.88. The molecule has 0 fully saturated rings. The normalized spacial score (nSPS) is 15.4. The van der Waals surface area contributed by atoms with Crippen molar-refractivity contribution in [3.63, 3.8) is 0 Å². The smallest absolute Gasteiger partial charge is 0.0137 e. The minimum absolute atomic E-state index is 0.763. The summed E-state index contributed by atoms with van der Waals surface area (Å²) in [5.74, 6) is 0. The Morgan fingerprint density at radius 3 is 1.68 bits per heavy atom. The van der Waals surface area contributed by atoms with Gasteiger partial charge in [0.25, 0.3) is 0 Å². The molecule has 0 heterocycles. The quantitative estimate of drug-likeness (QED) is 0.744. The van der Waals surface area contributed by atoms with Gasteiger partial charge >= 0.3 is 0 Å². The van der Waals surface area contributed by atoms with Crippen LogP contribution in [-0.2, 0) is 0 Å². The second-order valence-electron chi connectivity index (χ2n) is 4.37. The third-order valence-electron chi connectivity index (χ3n) is 2.88. The SMILES string of the molecule is [CH]1C=C(Pc2ccccc2)C=C1Pc1ccccc1. The van der Waals surface area contributed by atoms with E-state index in [0.717, 1.165) is 17.2 Å². The van der Waals surface area contributed by atoms with Crippen molar-refractivity contribution in [3.8, 4) is 0 Å². The lowest BCUT2D eigenvalue weighted by atomic mass is 10.4. The van der Waals surface area contributed by atoms with Crippen LogP contribution >= 0.6 is 17.2 Å². The zero-order chi connectivity index (χ0) is 12.9. The molecule has 0 saturated heterocycles. The van der Waals surface area contributed by atoms with E-state index >= 15 is 0 Å². The maximum atomic E-state index is 2.34. The van der Waals surface area contributed by atoms with Gasteiger partial charge in [-0.1, -0.05) is 90.0 Å². The monoisotopic (exact) mass is 281 g/mol. The van der Waals surface area contributed by atoms with Gasteiger partial charge < -0.3 is 0 Å². The summed E-state index contributed by atoms with van der Waals surface area (Å²) in [6.07, 6.45) is 6.87. The lowest BCUT2D eigenvalue weighted by Crippen LogP contribution is -1.91. The summed E-state index contributed by atoms with van der Waals surface area (Å²) >= 11 is 0.